The molecule has 1 N–H and O–H groups in total. The van der Waals surface area contributed by atoms with E-state index < -0.39 is 0 Å². The molecule has 0 saturated heterocycles. The zero-order valence-corrected chi connectivity index (χ0v) is 32.1. The second kappa shape index (κ2) is 37.6. The fourth-order valence-corrected chi connectivity index (χ4v) is 6.35. The van der Waals surface area contributed by atoms with E-state index in [1.54, 1.807) is 7.11 Å². The van der Waals surface area contributed by atoms with E-state index in [0.717, 1.165) is 32.1 Å². The van der Waals surface area contributed by atoms with Gasteiger partial charge in [0.25, 0.3) is 0 Å². The Labute approximate surface area is 294 Å². The molecule has 0 aromatic rings. The lowest BCUT2D eigenvalue weighted by Gasteiger charge is -2.23. The molecule has 0 spiro atoms. The van der Waals surface area contributed by atoms with Crippen LogP contribution < -0.4 is 5.32 Å². The molecule has 2 atom stereocenters. The third-order valence-corrected chi connectivity index (χ3v) is 9.61. The maximum absolute atomic E-state index is 13.2. The molecule has 0 rings (SSSR count). The summed E-state index contributed by atoms with van der Waals surface area (Å²) in [5.74, 6) is 0.195. The Kier molecular flexibility index (Phi) is 36.5. The number of methoxy groups -OCH3 is 1. The first-order valence-corrected chi connectivity index (χ1v) is 20.7. The van der Waals surface area contributed by atoms with Gasteiger partial charge in [0.1, 0.15) is 11.6 Å². The van der Waals surface area contributed by atoms with Crippen molar-refractivity contribution >= 4 is 11.6 Å². The van der Waals surface area contributed by atoms with Crippen molar-refractivity contribution in [2.45, 2.75) is 213 Å². The van der Waals surface area contributed by atoms with Crippen LogP contribution in [0.2, 0.25) is 0 Å². The third kappa shape index (κ3) is 31.7. The molecule has 0 amide bonds. The van der Waals surface area contributed by atoms with Gasteiger partial charge in [0.15, 0.2) is 0 Å². The van der Waals surface area contributed by atoms with E-state index >= 15 is 0 Å². The van der Waals surface area contributed by atoms with Gasteiger partial charge in [-0.15, -0.1) is 0 Å². The summed E-state index contributed by atoms with van der Waals surface area (Å²) in [5.41, 5.74) is 0. The molecule has 4 nitrogen and oxygen atoms in total. The molecule has 0 aromatic heterocycles. The lowest BCUT2D eigenvalue weighted by molar-refractivity contribution is -0.129. The van der Waals surface area contributed by atoms with E-state index in [9.17, 15) is 9.59 Å². The molecule has 2 unspecified atom stereocenters. The number of carbonyl (C=O) groups excluding carboxylic acids is 2. The summed E-state index contributed by atoms with van der Waals surface area (Å²) in [5, 5.41) is 3.43. The first-order valence-electron chi connectivity index (χ1n) is 20.7. The molecule has 0 aliphatic heterocycles. The largest absolute Gasteiger partial charge is 0.385 e. The third-order valence-electron chi connectivity index (χ3n) is 9.61. The molecule has 0 saturated carbocycles. The maximum atomic E-state index is 13.2. The zero-order valence-electron chi connectivity index (χ0n) is 32.1. The highest BCUT2D eigenvalue weighted by Crippen LogP contribution is 2.17. The quantitative estimate of drug-likeness (QED) is 0.0529. The van der Waals surface area contributed by atoms with Crippen molar-refractivity contribution in [2.24, 2.45) is 5.92 Å². The van der Waals surface area contributed by atoms with E-state index in [0.29, 0.717) is 26.0 Å². The highest BCUT2D eigenvalue weighted by Gasteiger charge is 2.28. The smallest absolute Gasteiger partial charge is 0.150 e. The number of allylic oxidation sites excluding steroid dienone is 4. The summed E-state index contributed by atoms with van der Waals surface area (Å²) in [7, 11) is 1.70. The lowest BCUT2D eigenvalue weighted by atomic mass is 9.89. The van der Waals surface area contributed by atoms with Crippen LogP contribution in [0.25, 0.3) is 0 Å². The van der Waals surface area contributed by atoms with Gasteiger partial charge in [-0.3, -0.25) is 9.59 Å². The summed E-state index contributed by atoms with van der Waals surface area (Å²) in [6.07, 6.45) is 44.1. The van der Waals surface area contributed by atoms with E-state index in [1.807, 2.05) is 6.92 Å². The van der Waals surface area contributed by atoms with Gasteiger partial charge in [0, 0.05) is 32.5 Å². The molecule has 0 aromatic carbocycles. The summed E-state index contributed by atoms with van der Waals surface area (Å²) in [6.45, 7) is 7.88. The molecule has 276 valence electrons. The van der Waals surface area contributed by atoms with Gasteiger partial charge >= 0.3 is 0 Å². The van der Waals surface area contributed by atoms with Gasteiger partial charge in [-0.1, -0.05) is 148 Å². The molecule has 4 heteroatoms. The molecule has 0 bridgehead atoms. The van der Waals surface area contributed by atoms with Crippen molar-refractivity contribution in [3.63, 3.8) is 0 Å². The van der Waals surface area contributed by atoms with Crippen LogP contribution in [0, 0.1) is 5.92 Å². The molecular formula is C43H81NO3. The van der Waals surface area contributed by atoms with E-state index in [2.05, 4.69) is 43.5 Å². The Morgan fingerprint density at radius 2 is 0.872 bits per heavy atom. The Morgan fingerprint density at radius 1 is 0.511 bits per heavy atom. The number of Topliss-reactive ketones (excluding diaryl/α,β-unsaturated/α-hetero) is 2. The number of unbranched alkanes of at least 4 members (excludes halogenated alkanes) is 22. The van der Waals surface area contributed by atoms with Gasteiger partial charge in [-0.25, -0.2) is 0 Å². The monoisotopic (exact) mass is 660 g/mol. The van der Waals surface area contributed by atoms with Crippen molar-refractivity contribution in [1.29, 1.82) is 0 Å². The normalized spacial score (nSPS) is 13.2. The average molecular weight is 660 g/mol. The van der Waals surface area contributed by atoms with Crippen LogP contribution in [-0.2, 0) is 14.3 Å². The van der Waals surface area contributed by atoms with Crippen LogP contribution in [0.15, 0.2) is 24.3 Å². The molecule has 0 aliphatic carbocycles. The number of ether oxygens (including phenoxy) is 1. The van der Waals surface area contributed by atoms with Crippen LogP contribution in [0.5, 0.6) is 0 Å². The SMILES string of the molecule is CCCCCCCC/C=C\CCCCCCCC(=O)C(C)C(NCCCOC)C(=O)CCCCCCC/C=C\CCCCCCCC. The summed E-state index contributed by atoms with van der Waals surface area (Å²) >= 11 is 0. The van der Waals surface area contributed by atoms with E-state index in [1.165, 1.54) is 141 Å². The van der Waals surface area contributed by atoms with Crippen molar-refractivity contribution in [2.75, 3.05) is 20.3 Å². The molecule has 0 radical (unpaired) electrons. The summed E-state index contributed by atoms with van der Waals surface area (Å²) in [4.78, 5) is 26.3. The number of rotatable bonds is 38. The fourth-order valence-electron chi connectivity index (χ4n) is 6.35. The van der Waals surface area contributed by atoms with E-state index in [4.69, 9.17) is 4.74 Å². The summed E-state index contributed by atoms with van der Waals surface area (Å²) < 4.78 is 5.19. The first-order chi connectivity index (χ1) is 23.1. The second-order valence-corrected chi connectivity index (χ2v) is 14.2. The van der Waals surface area contributed by atoms with Gasteiger partial charge in [-0.05, 0) is 77.2 Å². The second-order valence-electron chi connectivity index (χ2n) is 14.2. The Morgan fingerprint density at radius 3 is 1.28 bits per heavy atom. The Hall–Kier alpha value is -1.26. The molecular weight excluding hydrogens is 578 g/mol. The van der Waals surface area contributed by atoms with E-state index in [-0.39, 0.29) is 23.5 Å². The fraction of sp³-hybridized carbons (Fsp3) is 0.860. The van der Waals surface area contributed by atoms with Gasteiger partial charge < -0.3 is 10.1 Å². The number of carbonyl (C=O) groups is 2. The van der Waals surface area contributed by atoms with Crippen LogP contribution in [-0.4, -0.2) is 37.9 Å². The Bertz CT molecular complexity index is 731. The highest BCUT2D eigenvalue weighted by atomic mass is 16.5. The van der Waals surface area contributed by atoms with Crippen LogP contribution in [0.3, 0.4) is 0 Å². The molecule has 0 fully saturated rings. The molecule has 47 heavy (non-hydrogen) atoms. The highest BCUT2D eigenvalue weighted by molar-refractivity contribution is 5.92. The standard InChI is InChI=1S/C43H81NO3/c1-5-7-9-11-13-15-17-19-21-23-25-27-29-31-33-36-41(45)40(3)43(44-38-35-39-47-4)42(46)37-34-32-30-28-26-24-22-20-18-16-14-12-10-8-6-2/h19-22,40,43-44H,5-18,23-39H2,1-4H3/b21-19-,22-20-. The van der Waals surface area contributed by atoms with Gasteiger partial charge in [-0.2, -0.15) is 0 Å². The predicted octanol–water partition coefficient (Wildman–Crippen LogP) is 12.8. The number of nitrogens with one attached hydrogen (secondary N) is 1. The minimum atomic E-state index is -0.362. The predicted molar refractivity (Wildman–Crippen MR) is 206 cm³/mol. The van der Waals surface area contributed by atoms with Crippen molar-refractivity contribution in [3.8, 4) is 0 Å². The lowest BCUT2D eigenvalue weighted by Crippen LogP contribution is -2.45. The first kappa shape index (κ1) is 45.7. The maximum Gasteiger partial charge on any atom is 0.150 e. The van der Waals surface area contributed by atoms with Crippen LogP contribution >= 0.6 is 0 Å². The number of ketones is 2. The van der Waals surface area contributed by atoms with Crippen LogP contribution in [0.4, 0.5) is 0 Å². The number of hydrogen-bond acceptors (Lipinski definition) is 4. The average Bonchev–Trinajstić information content (AvgIpc) is 3.07. The zero-order chi connectivity index (χ0) is 34.5. The molecule has 0 aliphatic rings. The minimum Gasteiger partial charge on any atom is -0.385 e. The van der Waals surface area contributed by atoms with Gasteiger partial charge in [0.2, 0.25) is 0 Å². The van der Waals surface area contributed by atoms with Gasteiger partial charge in [0.05, 0.1) is 6.04 Å². The number of hydrogen-bond donors (Lipinski definition) is 1. The molecule has 0 heterocycles. The Balaban J connectivity index is 4.11. The van der Waals surface area contributed by atoms with Crippen molar-refractivity contribution < 1.29 is 14.3 Å². The van der Waals surface area contributed by atoms with Crippen LogP contribution in [0.1, 0.15) is 207 Å². The van der Waals surface area contributed by atoms with Crippen molar-refractivity contribution in [3.05, 3.63) is 24.3 Å². The topological polar surface area (TPSA) is 55.4 Å². The van der Waals surface area contributed by atoms with Crippen molar-refractivity contribution in [1.82, 2.24) is 5.32 Å². The summed E-state index contributed by atoms with van der Waals surface area (Å²) in [6, 6.07) is -0.362. The minimum absolute atomic E-state index is 0.213.